The van der Waals surface area contributed by atoms with Gasteiger partial charge in [-0.25, -0.2) is 4.98 Å². The molecule has 2 atom stereocenters. The highest BCUT2D eigenvalue weighted by molar-refractivity contribution is 6.39. The Morgan fingerprint density at radius 3 is 2.63 bits per heavy atom. The lowest BCUT2D eigenvalue weighted by Gasteiger charge is -2.38. The molecule has 3 rings (SSSR count). The molecule has 1 saturated heterocycles. The fourth-order valence-electron chi connectivity index (χ4n) is 3.61. The molecule has 2 aromatic rings. The van der Waals surface area contributed by atoms with Gasteiger partial charge >= 0.3 is 18.0 Å². The number of nitrogens with zero attached hydrogens (tertiary/aromatic N) is 2. The fraction of sp³-hybridized carbons (Fsp3) is 0.381. The summed E-state index contributed by atoms with van der Waals surface area (Å²) in [5, 5.41) is 2.50. The molecule has 30 heavy (non-hydrogen) atoms. The van der Waals surface area contributed by atoms with Crippen molar-refractivity contribution in [2.24, 2.45) is 5.92 Å². The van der Waals surface area contributed by atoms with E-state index >= 15 is 0 Å². The minimum absolute atomic E-state index is 0.129. The summed E-state index contributed by atoms with van der Waals surface area (Å²) in [6.45, 7) is 3.94. The van der Waals surface area contributed by atoms with Gasteiger partial charge in [-0.15, -0.1) is 0 Å². The maximum absolute atomic E-state index is 13.1. The second-order valence-corrected chi connectivity index (χ2v) is 7.66. The number of pyridine rings is 1. The van der Waals surface area contributed by atoms with E-state index in [1.807, 2.05) is 6.92 Å². The molecule has 1 aliphatic rings. The zero-order valence-corrected chi connectivity index (χ0v) is 16.7. The summed E-state index contributed by atoms with van der Waals surface area (Å²) in [4.78, 5) is 30.8. The highest BCUT2D eigenvalue weighted by Gasteiger charge is 2.36. The highest BCUT2D eigenvalue weighted by atomic mass is 19.4. The van der Waals surface area contributed by atoms with Crippen molar-refractivity contribution in [2.75, 3.05) is 17.6 Å². The molecule has 1 fully saturated rings. The summed E-state index contributed by atoms with van der Waals surface area (Å²) in [7, 11) is 0. The van der Waals surface area contributed by atoms with Crippen LogP contribution in [0.3, 0.4) is 0 Å². The molecule has 6 nitrogen and oxygen atoms in total. The minimum Gasteiger partial charge on any atom is -0.383 e. The second kappa shape index (κ2) is 8.33. The lowest BCUT2D eigenvalue weighted by atomic mass is 9.89. The molecule has 0 bridgehead atoms. The van der Waals surface area contributed by atoms with Crippen LogP contribution in [-0.2, 0) is 15.8 Å². The normalized spacial score (nSPS) is 19.4. The Kier molecular flexibility index (Phi) is 6.00. The molecule has 9 heteroatoms. The number of anilines is 2. The number of nitrogens with one attached hydrogen (secondary N) is 1. The van der Waals surface area contributed by atoms with E-state index in [0.717, 1.165) is 18.6 Å². The first-order valence-corrected chi connectivity index (χ1v) is 9.57. The predicted octanol–water partition coefficient (Wildman–Crippen LogP) is 3.93. The molecule has 160 valence electrons. The van der Waals surface area contributed by atoms with E-state index in [2.05, 4.69) is 10.3 Å². The number of piperidine rings is 1. The van der Waals surface area contributed by atoms with Crippen LogP contribution in [-0.4, -0.2) is 28.2 Å². The van der Waals surface area contributed by atoms with Gasteiger partial charge < -0.3 is 16.0 Å². The van der Waals surface area contributed by atoms with E-state index < -0.39 is 29.6 Å². The van der Waals surface area contributed by atoms with Crippen LogP contribution in [0.5, 0.6) is 0 Å². The van der Waals surface area contributed by atoms with Gasteiger partial charge in [0, 0.05) is 6.54 Å². The molecule has 2 heterocycles. The molecule has 3 N–H and O–H groups in total. The maximum atomic E-state index is 13.1. The van der Waals surface area contributed by atoms with Crippen LogP contribution in [0.15, 0.2) is 36.5 Å². The van der Waals surface area contributed by atoms with Crippen molar-refractivity contribution >= 4 is 23.3 Å². The number of nitrogen functional groups attached to an aromatic ring is 1. The molecule has 0 spiro atoms. The molecular weight excluding hydrogens is 397 g/mol. The summed E-state index contributed by atoms with van der Waals surface area (Å²) in [5.74, 6) is -1.22. The van der Waals surface area contributed by atoms with Crippen molar-refractivity contribution in [3.05, 3.63) is 53.2 Å². The van der Waals surface area contributed by atoms with E-state index in [1.54, 1.807) is 19.1 Å². The van der Waals surface area contributed by atoms with Gasteiger partial charge in [0.15, 0.2) is 0 Å². The monoisotopic (exact) mass is 420 g/mol. The van der Waals surface area contributed by atoms with Gasteiger partial charge in [-0.2, -0.15) is 13.2 Å². The first-order valence-electron chi connectivity index (χ1n) is 9.57. The Balaban J connectivity index is 1.84. The van der Waals surface area contributed by atoms with E-state index in [0.29, 0.717) is 29.1 Å². The van der Waals surface area contributed by atoms with Crippen molar-refractivity contribution in [1.29, 1.82) is 0 Å². The fourth-order valence-corrected chi connectivity index (χ4v) is 3.61. The molecule has 1 aromatic heterocycles. The number of aryl methyl sites for hydroxylation is 1. The van der Waals surface area contributed by atoms with Crippen LogP contribution in [0.1, 0.15) is 42.5 Å². The molecule has 0 saturated carbocycles. The summed E-state index contributed by atoms with van der Waals surface area (Å²) >= 11 is 0. The van der Waals surface area contributed by atoms with Crippen molar-refractivity contribution in [1.82, 2.24) is 9.88 Å². The largest absolute Gasteiger partial charge is 0.416 e. The Bertz CT molecular complexity index is 962. The van der Waals surface area contributed by atoms with Gasteiger partial charge in [-0.1, -0.05) is 19.1 Å². The van der Waals surface area contributed by atoms with E-state index in [1.165, 1.54) is 17.2 Å². The molecule has 1 aromatic carbocycles. The number of carbonyl (C=O) groups excluding carboxylic acids is 2. The van der Waals surface area contributed by atoms with Crippen molar-refractivity contribution < 1.29 is 22.8 Å². The van der Waals surface area contributed by atoms with Crippen LogP contribution in [0, 0.1) is 12.8 Å². The van der Waals surface area contributed by atoms with Gasteiger partial charge in [-0.05, 0) is 55.0 Å². The number of amides is 2. The van der Waals surface area contributed by atoms with Crippen molar-refractivity contribution in [3.63, 3.8) is 0 Å². The molecule has 0 radical (unpaired) electrons. The third-order valence-electron chi connectivity index (χ3n) is 5.25. The molecule has 1 aliphatic heterocycles. The van der Waals surface area contributed by atoms with E-state index in [-0.39, 0.29) is 12.5 Å². The summed E-state index contributed by atoms with van der Waals surface area (Å²) < 4.78 is 39.4. The Labute approximate surface area is 172 Å². The van der Waals surface area contributed by atoms with Gasteiger partial charge in [0.25, 0.3) is 0 Å². The lowest BCUT2D eigenvalue weighted by molar-refractivity contribution is -0.146. The average molecular weight is 420 g/mol. The number of hydrogen-bond donors (Lipinski definition) is 2. The number of alkyl halides is 3. The third kappa shape index (κ3) is 4.72. The number of halogens is 3. The first-order chi connectivity index (χ1) is 14.1. The second-order valence-electron chi connectivity index (χ2n) is 7.66. The van der Waals surface area contributed by atoms with Crippen LogP contribution >= 0.6 is 0 Å². The zero-order chi connectivity index (χ0) is 22.1. The quantitative estimate of drug-likeness (QED) is 0.721. The minimum atomic E-state index is -4.48. The summed E-state index contributed by atoms with van der Waals surface area (Å²) in [6.07, 6.45) is -1.92. The number of aromatic nitrogens is 1. The van der Waals surface area contributed by atoms with Gasteiger partial charge in [-0.3, -0.25) is 9.59 Å². The Hall–Kier alpha value is -3.10. The van der Waals surface area contributed by atoms with Gasteiger partial charge in [0.1, 0.15) is 5.82 Å². The highest BCUT2D eigenvalue weighted by Crippen LogP contribution is 2.36. The maximum Gasteiger partial charge on any atom is 0.416 e. The number of hydrogen-bond acceptors (Lipinski definition) is 4. The number of benzene rings is 1. The zero-order valence-electron chi connectivity index (χ0n) is 16.7. The third-order valence-corrected chi connectivity index (χ3v) is 5.25. The number of rotatable bonds is 2. The average Bonchev–Trinajstić information content (AvgIpc) is 2.69. The van der Waals surface area contributed by atoms with Gasteiger partial charge in [0.2, 0.25) is 0 Å². The Morgan fingerprint density at radius 1 is 1.23 bits per heavy atom. The van der Waals surface area contributed by atoms with Crippen LogP contribution in [0.25, 0.3) is 0 Å². The smallest absolute Gasteiger partial charge is 0.383 e. The topological polar surface area (TPSA) is 88.3 Å². The number of nitrogens with two attached hydrogens (primary N) is 1. The molecule has 0 aliphatic carbocycles. The molecule has 2 amide bonds. The number of carbonyl (C=O) groups is 2. The standard InChI is InChI=1S/C21H23F3N4O2/c1-12-6-7-17(14-4-3-5-15(9-14)21(22,23)24)28(11-12)20(30)19(29)27-16-8-13(2)18(25)26-10-16/h3-5,8-10,12,17H,6-7,11H2,1-2H3,(H2,25,26)(H,27,29)/t12-,17+/m1/s1. The van der Waals surface area contributed by atoms with Crippen LogP contribution < -0.4 is 11.1 Å². The van der Waals surface area contributed by atoms with Crippen molar-refractivity contribution in [3.8, 4) is 0 Å². The van der Waals surface area contributed by atoms with Crippen LogP contribution in [0.4, 0.5) is 24.7 Å². The molecular formula is C21H23F3N4O2. The van der Waals surface area contributed by atoms with Gasteiger partial charge in [0.05, 0.1) is 23.5 Å². The predicted molar refractivity (Wildman–Crippen MR) is 106 cm³/mol. The van der Waals surface area contributed by atoms with Crippen LogP contribution in [0.2, 0.25) is 0 Å². The number of likely N-dealkylation sites (tertiary alicyclic amines) is 1. The van der Waals surface area contributed by atoms with Crippen molar-refractivity contribution in [2.45, 2.75) is 38.9 Å². The van der Waals surface area contributed by atoms with E-state index in [4.69, 9.17) is 5.73 Å². The molecule has 0 unspecified atom stereocenters. The van der Waals surface area contributed by atoms with E-state index in [9.17, 15) is 22.8 Å². The Morgan fingerprint density at radius 2 is 1.97 bits per heavy atom. The lowest BCUT2D eigenvalue weighted by Crippen LogP contribution is -2.46. The summed E-state index contributed by atoms with van der Waals surface area (Å²) in [5.41, 5.74) is 6.21. The SMILES string of the molecule is Cc1cc(NC(=O)C(=O)N2C[C@H](C)CC[C@H]2c2cccc(C(F)(F)F)c2)cnc1N. The first kappa shape index (κ1) is 21.6. The summed E-state index contributed by atoms with van der Waals surface area (Å²) in [6, 6.07) is 5.91.